The van der Waals surface area contributed by atoms with Crippen LogP contribution in [0.25, 0.3) is 0 Å². The van der Waals surface area contributed by atoms with Gasteiger partial charge in [-0.2, -0.15) is 0 Å². The smallest absolute Gasteiger partial charge is 0.352 e. The molecule has 0 aliphatic heterocycles. The van der Waals surface area contributed by atoms with Crippen LogP contribution in [-0.4, -0.2) is 80.9 Å². The molecule has 0 amide bonds. The van der Waals surface area contributed by atoms with Gasteiger partial charge in [-0.15, -0.1) is 0 Å². The number of carbonyl (C=O) groups is 4. The third kappa shape index (κ3) is 6.72. The van der Waals surface area contributed by atoms with Gasteiger partial charge in [0.05, 0.1) is 0 Å². The second-order valence-corrected chi connectivity index (χ2v) is 8.57. The van der Waals surface area contributed by atoms with Gasteiger partial charge in [0.2, 0.25) is 12.2 Å². The maximum atomic E-state index is 12.8. The molecule has 0 saturated heterocycles. The van der Waals surface area contributed by atoms with Crippen molar-refractivity contribution in [2.45, 2.75) is 62.7 Å². The lowest BCUT2D eigenvalue weighted by molar-refractivity contribution is -0.246. The Labute approximate surface area is 217 Å². The van der Waals surface area contributed by atoms with Crippen LogP contribution in [0.1, 0.15) is 37.2 Å². The topological polar surface area (TPSA) is 186 Å². The van der Waals surface area contributed by atoms with Crippen LogP contribution in [0, 0.1) is 0 Å². The Kier molecular flexibility index (Phi) is 9.53. The van der Waals surface area contributed by atoms with E-state index in [0.717, 1.165) is 13.8 Å². The Morgan fingerprint density at radius 3 is 1.13 bits per heavy atom. The van der Waals surface area contributed by atoms with E-state index in [9.17, 15) is 39.6 Å². The number of aliphatic hydroxyl groups excluding tert-OH is 4. The van der Waals surface area contributed by atoms with Crippen molar-refractivity contribution in [1.29, 1.82) is 0 Å². The molecule has 1 saturated carbocycles. The molecule has 12 heteroatoms. The minimum atomic E-state index is -2.03. The van der Waals surface area contributed by atoms with Crippen LogP contribution < -0.4 is 0 Å². The molecule has 0 radical (unpaired) electrons. The molecule has 0 spiro atoms. The highest BCUT2D eigenvalue weighted by Crippen LogP contribution is 2.30. The van der Waals surface area contributed by atoms with Crippen LogP contribution in [0.4, 0.5) is 0 Å². The number of carbonyl (C=O) groups excluding carboxylic acids is 4. The average molecular weight is 532 g/mol. The van der Waals surface area contributed by atoms with E-state index in [1.54, 1.807) is 36.4 Å². The van der Waals surface area contributed by atoms with Gasteiger partial charge >= 0.3 is 23.9 Å². The monoisotopic (exact) mass is 532 g/mol. The van der Waals surface area contributed by atoms with E-state index in [2.05, 4.69) is 0 Å². The first-order chi connectivity index (χ1) is 18.0. The van der Waals surface area contributed by atoms with Crippen molar-refractivity contribution in [3.8, 4) is 0 Å². The van der Waals surface area contributed by atoms with Gasteiger partial charge in [-0.3, -0.25) is 9.59 Å². The number of rotatable bonds is 8. The van der Waals surface area contributed by atoms with Crippen LogP contribution in [0.3, 0.4) is 0 Å². The number of hydrogen-bond acceptors (Lipinski definition) is 12. The molecule has 0 aromatic heterocycles. The highest BCUT2D eigenvalue weighted by Gasteiger charge is 2.53. The van der Waals surface area contributed by atoms with Crippen molar-refractivity contribution in [2.24, 2.45) is 0 Å². The summed E-state index contributed by atoms with van der Waals surface area (Å²) in [6.45, 7) is 2.14. The van der Waals surface area contributed by atoms with Crippen molar-refractivity contribution in [3.05, 3.63) is 71.8 Å². The summed E-state index contributed by atoms with van der Waals surface area (Å²) in [6.07, 6.45) is -15.0. The lowest BCUT2D eigenvalue weighted by Crippen LogP contribution is -2.65. The summed E-state index contributed by atoms with van der Waals surface area (Å²) in [7, 11) is 0. The van der Waals surface area contributed by atoms with Crippen molar-refractivity contribution in [1.82, 2.24) is 0 Å². The van der Waals surface area contributed by atoms with E-state index < -0.39 is 72.7 Å². The van der Waals surface area contributed by atoms with E-state index in [0.29, 0.717) is 0 Å². The zero-order chi connectivity index (χ0) is 28.0. The maximum Gasteiger partial charge on any atom is 0.352 e. The van der Waals surface area contributed by atoms with Gasteiger partial charge in [0.1, 0.15) is 24.4 Å². The van der Waals surface area contributed by atoms with Crippen molar-refractivity contribution in [2.75, 3.05) is 0 Å². The van der Waals surface area contributed by atoms with E-state index >= 15 is 0 Å². The second kappa shape index (κ2) is 12.6. The zero-order valence-corrected chi connectivity index (χ0v) is 20.4. The molecule has 2 aromatic rings. The van der Waals surface area contributed by atoms with Crippen LogP contribution in [-0.2, 0) is 38.1 Å². The first-order valence-electron chi connectivity index (χ1n) is 11.6. The Morgan fingerprint density at radius 2 is 0.868 bits per heavy atom. The summed E-state index contributed by atoms with van der Waals surface area (Å²) in [6, 6.07) is 15.5. The van der Waals surface area contributed by atoms with Gasteiger partial charge in [-0.25, -0.2) is 9.59 Å². The molecule has 4 N–H and O–H groups in total. The third-order valence-corrected chi connectivity index (χ3v) is 5.75. The van der Waals surface area contributed by atoms with Gasteiger partial charge in [-0.1, -0.05) is 60.7 Å². The number of hydrogen-bond donors (Lipinski definition) is 4. The Morgan fingerprint density at radius 1 is 0.579 bits per heavy atom. The van der Waals surface area contributed by atoms with E-state index in [1.165, 1.54) is 24.3 Å². The molecule has 2 aromatic carbocycles. The predicted molar refractivity (Wildman–Crippen MR) is 126 cm³/mol. The average Bonchev–Trinajstić information content (AvgIpc) is 2.90. The van der Waals surface area contributed by atoms with Gasteiger partial charge in [0, 0.05) is 25.0 Å². The fraction of sp³-hybridized carbons (Fsp3) is 0.385. The van der Waals surface area contributed by atoms with Gasteiger partial charge in [-0.05, 0) is 0 Å². The number of aliphatic hydroxyl groups is 4. The Bertz CT molecular complexity index is 1020. The molecule has 1 aliphatic rings. The van der Waals surface area contributed by atoms with E-state index in [-0.39, 0.29) is 11.1 Å². The summed E-state index contributed by atoms with van der Waals surface area (Å²) in [5.74, 6) is -4.01. The highest BCUT2D eigenvalue weighted by molar-refractivity contribution is 5.81. The molecular weight excluding hydrogens is 504 g/mol. The van der Waals surface area contributed by atoms with E-state index in [4.69, 9.17) is 18.9 Å². The lowest BCUT2D eigenvalue weighted by atomic mass is 9.84. The minimum Gasteiger partial charge on any atom is -0.454 e. The zero-order valence-electron chi connectivity index (χ0n) is 20.4. The molecule has 12 nitrogen and oxygen atoms in total. The summed E-state index contributed by atoms with van der Waals surface area (Å²) >= 11 is 0. The molecule has 0 bridgehead atoms. The van der Waals surface area contributed by atoms with Gasteiger partial charge in [0.25, 0.3) is 0 Å². The van der Waals surface area contributed by atoms with E-state index in [1.807, 2.05) is 0 Å². The molecule has 1 aliphatic carbocycles. The lowest BCUT2D eigenvalue weighted by Gasteiger charge is -2.43. The molecule has 3 rings (SSSR count). The Balaban J connectivity index is 1.77. The molecule has 38 heavy (non-hydrogen) atoms. The normalized spacial score (nSPS) is 26.4. The van der Waals surface area contributed by atoms with Crippen molar-refractivity contribution in [3.63, 3.8) is 0 Å². The molecule has 1 fully saturated rings. The quantitative estimate of drug-likeness (QED) is 0.261. The number of esters is 4. The number of benzene rings is 2. The first-order valence-corrected chi connectivity index (χ1v) is 11.6. The maximum absolute atomic E-state index is 12.8. The molecule has 0 heterocycles. The fourth-order valence-corrected chi connectivity index (χ4v) is 3.94. The predicted octanol–water partition coefficient (Wildman–Crippen LogP) is -0.124. The standard InChI is InChI=1S/C26H28O12/c1-13(27)35-21(15-9-5-3-6-10-15)25(33)37-23-17(29)19(31)24(20(32)18(23)30)38-26(34)22(36-14(2)28)16-11-7-4-8-12-16/h3-12,17-24,29-32H,1-2H3/t17-,18-,19-,20+,21+,22+,23?,24?/m1/s1. The first kappa shape index (κ1) is 28.7. The SMILES string of the molecule is CC(=O)O[C@H](C(=O)OC1[C@@H](O)[C@@H](O)C(OC(=O)[C@@H](OC(C)=O)c2ccccc2)[C@H](O)[C@H]1O)c1ccccc1. The van der Waals surface area contributed by atoms with Crippen LogP contribution in [0.5, 0.6) is 0 Å². The summed E-state index contributed by atoms with van der Waals surface area (Å²) in [4.78, 5) is 48.8. The largest absolute Gasteiger partial charge is 0.454 e. The number of ether oxygens (including phenoxy) is 4. The second-order valence-electron chi connectivity index (χ2n) is 8.57. The minimum absolute atomic E-state index is 0.234. The molecule has 204 valence electrons. The molecule has 2 unspecified atom stereocenters. The van der Waals surface area contributed by atoms with Crippen LogP contribution in [0.2, 0.25) is 0 Å². The van der Waals surface area contributed by atoms with Crippen molar-refractivity contribution < 1.29 is 58.6 Å². The summed E-state index contributed by atoms with van der Waals surface area (Å²) in [5.41, 5.74) is 0.468. The van der Waals surface area contributed by atoms with Crippen LogP contribution in [0.15, 0.2) is 60.7 Å². The fourth-order valence-electron chi connectivity index (χ4n) is 3.94. The molecule has 8 atom stereocenters. The van der Waals surface area contributed by atoms with Gasteiger partial charge < -0.3 is 39.4 Å². The highest BCUT2D eigenvalue weighted by atomic mass is 16.6. The molecular formula is C26H28O12. The van der Waals surface area contributed by atoms with Crippen molar-refractivity contribution >= 4 is 23.9 Å². The summed E-state index contributed by atoms with van der Waals surface area (Å²) in [5, 5.41) is 42.4. The third-order valence-electron chi connectivity index (χ3n) is 5.75. The summed E-state index contributed by atoms with van der Waals surface area (Å²) < 4.78 is 20.4. The van der Waals surface area contributed by atoms with Gasteiger partial charge in [0.15, 0.2) is 12.2 Å². The van der Waals surface area contributed by atoms with Crippen LogP contribution >= 0.6 is 0 Å². The Hall–Kier alpha value is -3.84.